The highest BCUT2D eigenvalue weighted by Gasteiger charge is 2.14. The summed E-state index contributed by atoms with van der Waals surface area (Å²) >= 11 is 0. The van der Waals surface area contributed by atoms with E-state index in [0.29, 0.717) is 11.7 Å². The van der Waals surface area contributed by atoms with Crippen LogP contribution >= 0.6 is 0 Å². The van der Waals surface area contributed by atoms with Gasteiger partial charge in [0.1, 0.15) is 5.82 Å². The van der Waals surface area contributed by atoms with Crippen LogP contribution in [-0.2, 0) is 0 Å². The van der Waals surface area contributed by atoms with Crippen molar-refractivity contribution < 1.29 is 9.90 Å². The second kappa shape index (κ2) is 5.71. The SMILES string of the molecule is Nc1cnc(NCC2CCCCC2)cc1C(=O)O. The Balaban J connectivity index is 1.96. The topological polar surface area (TPSA) is 88.2 Å². The van der Waals surface area contributed by atoms with Gasteiger partial charge < -0.3 is 16.2 Å². The summed E-state index contributed by atoms with van der Waals surface area (Å²) in [5.74, 6) is 0.245. The molecule has 1 aliphatic carbocycles. The lowest BCUT2D eigenvalue weighted by atomic mass is 9.89. The molecular weight excluding hydrogens is 230 g/mol. The number of rotatable bonds is 4. The van der Waals surface area contributed by atoms with Crippen LogP contribution in [0.4, 0.5) is 11.5 Å². The van der Waals surface area contributed by atoms with Gasteiger partial charge in [0.15, 0.2) is 0 Å². The molecule has 0 aromatic carbocycles. The number of carboxylic acids is 1. The third-order valence-electron chi connectivity index (χ3n) is 3.46. The number of hydrogen-bond donors (Lipinski definition) is 3. The van der Waals surface area contributed by atoms with Gasteiger partial charge >= 0.3 is 5.97 Å². The molecule has 0 radical (unpaired) electrons. The number of nitrogens with one attached hydrogen (secondary N) is 1. The van der Waals surface area contributed by atoms with Crippen molar-refractivity contribution >= 4 is 17.5 Å². The van der Waals surface area contributed by atoms with Crippen LogP contribution in [0.25, 0.3) is 0 Å². The maximum absolute atomic E-state index is 10.9. The van der Waals surface area contributed by atoms with Gasteiger partial charge in [0.05, 0.1) is 17.4 Å². The summed E-state index contributed by atoms with van der Waals surface area (Å²) in [4.78, 5) is 15.1. The van der Waals surface area contributed by atoms with Crippen molar-refractivity contribution in [2.24, 2.45) is 5.92 Å². The second-order valence-corrected chi connectivity index (χ2v) is 4.85. The zero-order chi connectivity index (χ0) is 13.0. The van der Waals surface area contributed by atoms with E-state index in [1.165, 1.54) is 44.4 Å². The summed E-state index contributed by atoms with van der Waals surface area (Å²) in [5.41, 5.74) is 5.87. The molecule has 5 heteroatoms. The molecule has 1 saturated carbocycles. The first-order chi connectivity index (χ1) is 8.66. The van der Waals surface area contributed by atoms with Crippen LogP contribution in [0.3, 0.4) is 0 Å². The highest BCUT2D eigenvalue weighted by molar-refractivity contribution is 5.94. The van der Waals surface area contributed by atoms with Gasteiger partial charge in [0.2, 0.25) is 0 Å². The summed E-state index contributed by atoms with van der Waals surface area (Å²) in [6.45, 7) is 0.857. The monoisotopic (exact) mass is 249 g/mol. The van der Waals surface area contributed by atoms with Gasteiger partial charge in [0, 0.05) is 6.54 Å². The number of aromatic nitrogens is 1. The Morgan fingerprint density at radius 1 is 1.44 bits per heavy atom. The number of nitrogens with two attached hydrogens (primary N) is 1. The van der Waals surface area contributed by atoms with Gasteiger partial charge in [-0.05, 0) is 24.8 Å². The second-order valence-electron chi connectivity index (χ2n) is 4.85. The highest BCUT2D eigenvalue weighted by atomic mass is 16.4. The number of nitrogen functional groups attached to an aromatic ring is 1. The van der Waals surface area contributed by atoms with Gasteiger partial charge in [-0.1, -0.05) is 19.3 Å². The summed E-state index contributed by atoms with van der Waals surface area (Å²) in [5, 5.41) is 12.2. The molecule has 0 atom stereocenters. The average Bonchev–Trinajstić information content (AvgIpc) is 2.38. The maximum atomic E-state index is 10.9. The first-order valence-electron chi connectivity index (χ1n) is 6.39. The van der Waals surface area contributed by atoms with Crippen LogP contribution < -0.4 is 11.1 Å². The zero-order valence-corrected chi connectivity index (χ0v) is 10.4. The molecule has 2 rings (SSSR count). The lowest BCUT2D eigenvalue weighted by molar-refractivity contribution is 0.0698. The fraction of sp³-hybridized carbons (Fsp3) is 0.538. The first kappa shape index (κ1) is 12.7. The fourth-order valence-electron chi connectivity index (χ4n) is 2.39. The summed E-state index contributed by atoms with van der Waals surface area (Å²) in [6, 6.07) is 1.50. The predicted molar refractivity (Wildman–Crippen MR) is 70.7 cm³/mol. The molecule has 98 valence electrons. The molecule has 0 unspecified atom stereocenters. The molecule has 1 fully saturated rings. The average molecular weight is 249 g/mol. The van der Waals surface area contributed by atoms with E-state index in [2.05, 4.69) is 10.3 Å². The molecule has 1 heterocycles. The van der Waals surface area contributed by atoms with E-state index in [4.69, 9.17) is 10.8 Å². The summed E-state index contributed by atoms with van der Waals surface area (Å²) < 4.78 is 0. The van der Waals surface area contributed by atoms with Crippen molar-refractivity contribution in [3.63, 3.8) is 0 Å². The van der Waals surface area contributed by atoms with Crippen LogP contribution in [0.1, 0.15) is 42.5 Å². The van der Waals surface area contributed by atoms with Crippen LogP contribution in [0, 0.1) is 5.92 Å². The van der Waals surface area contributed by atoms with E-state index in [1.807, 2.05) is 0 Å². The van der Waals surface area contributed by atoms with E-state index in [0.717, 1.165) is 6.54 Å². The zero-order valence-electron chi connectivity index (χ0n) is 10.4. The van der Waals surface area contributed by atoms with Crippen molar-refractivity contribution in [1.82, 2.24) is 4.98 Å². The highest BCUT2D eigenvalue weighted by Crippen LogP contribution is 2.24. The number of anilines is 2. The Morgan fingerprint density at radius 2 is 2.17 bits per heavy atom. The normalized spacial score (nSPS) is 16.4. The molecule has 0 amide bonds. The van der Waals surface area contributed by atoms with E-state index in [-0.39, 0.29) is 11.3 Å². The molecular formula is C13H19N3O2. The van der Waals surface area contributed by atoms with E-state index >= 15 is 0 Å². The maximum Gasteiger partial charge on any atom is 0.337 e. The van der Waals surface area contributed by atoms with E-state index in [1.54, 1.807) is 0 Å². The third kappa shape index (κ3) is 3.12. The Labute approximate surface area is 106 Å². The van der Waals surface area contributed by atoms with Crippen LogP contribution in [0.2, 0.25) is 0 Å². The summed E-state index contributed by atoms with van der Waals surface area (Å²) in [7, 11) is 0. The Hall–Kier alpha value is -1.78. The first-order valence-corrected chi connectivity index (χ1v) is 6.39. The molecule has 0 bridgehead atoms. The number of carboxylic acid groups (broad SMARTS) is 1. The third-order valence-corrected chi connectivity index (χ3v) is 3.46. The van der Waals surface area contributed by atoms with E-state index < -0.39 is 5.97 Å². The van der Waals surface area contributed by atoms with Crippen LogP contribution in [-0.4, -0.2) is 22.6 Å². The van der Waals surface area contributed by atoms with Crippen molar-refractivity contribution in [3.05, 3.63) is 17.8 Å². The Kier molecular flexibility index (Phi) is 4.02. The van der Waals surface area contributed by atoms with Gasteiger partial charge in [0.25, 0.3) is 0 Å². The number of aromatic carboxylic acids is 1. The quantitative estimate of drug-likeness (QED) is 0.762. The molecule has 5 nitrogen and oxygen atoms in total. The molecule has 1 aromatic heterocycles. The minimum Gasteiger partial charge on any atom is -0.478 e. The van der Waals surface area contributed by atoms with Crippen molar-refractivity contribution in [1.29, 1.82) is 0 Å². The molecule has 0 saturated heterocycles. The molecule has 1 aromatic rings. The molecule has 0 aliphatic heterocycles. The lowest BCUT2D eigenvalue weighted by Crippen LogP contribution is -2.18. The molecule has 4 N–H and O–H groups in total. The van der Waals surface area contributed by atoms with Crippen LogP contribution in [0.5, 0.6) is 0 Å². The Morgan fingerprint density at radius 3 is 2.83 bits per heavy atom. The Bertz CT molecular complexity index is 428. The largest absolute Gasteiger partial charge is 0.478 e. The van der Waals surface area contributed by atoms with Gasteiger partial charge in [-0.25, -0.2) is 9.78 Å². The number of pyridine rings is 1. The summed E-state index contributed by atoms with van der Waals surface area (Å²) in [6.07, 6.45) is 7.80. The smallest absolute Gasteiger partial charge is 0.337 e. The minimum atomic E-state index is -1.02. The van der Waals surface area contributed by atoms with Crippen molar-refractivity contribution in [3.8, 4) is 0 Å². The molecule has 18 heavy (non-hydrogen) atoms. The van der Waals surface area contributed by atoms with Crippen molar-refractivity contribution in [2.75, 3.05) is 17.6 Å². The standard InChI is InChI=1S/C13H19N3O2/c14-11-8-16-12(6-10(11)13(17)18)15-7-9-4-2-1-3-5-9/h6,8-9H,1-5,7,14H2,(H,15,16)(H,17,18). The fourth-order valence-corrected chi connectivity index (χ4v) is 2.39. The van der Waals surface area contributed by atoms with Crippen LogP contribution in [0.15, 0.2) is 12.3 Å². The van der Waals surface area contributed by atoms with Gasteiger partial charge in [-0.3, -0.25) is 0 Å². The van der Waals surface area contributed by atoms with Crippen molar-refractivity contribution in [2.45, 2.75) is 32.1 Å². The lowest BCUT2D eigenvalue weighted by Gasteiger charge is -2.22. The van der Waals surface area contributed by atoms with Gasteiger partial charge in [-0.15, -0.1) is 0 Å². The van der Waals surface area contributed by atoms with E-state index in [9.17, 15) is 4.79 Å². The number of hydrogen-bond acceptors (Lipinski definition) is 4. The number of nitrogens with zero attached hydrogens (tertiary/aromatic N) is 1. The predicted octanol–water partition coefficient (Wildman–Crippen LogP) is 2.35. The molecule has 0 spiro atoms. The number of carbonyl (C=O) groups is 1. The molecule has 1 aliphatic rings. The minimum absolute atomic E-state index is 0.108. The van der Waals surface area contributed by atoms with Gasteiger partial charge in [-0.2, -0.15) is 0 Å².